The zero-order valence-corrected chi connectivity index (χ0v) is 20.1. The van der Waals surface area contributed by atoms with E-state index in [1.54, 1.807) is 55.5 Å². The van der Waals surface area contributed by atoms with Gasteiger partial charge in [0.2, 0.25) is 0 Å². The second kappa shape index (κ2) is 9.54. The lowest BCUT2D eigenvalue weighted by Crippen LogP contribution is -2.29. The monoisotopic (exact) mass is 478 g/mol. The van der Waals surface area contributed by atoms with Crippen LogP contribution in [0.3, 0.4) is 0 Å². The first-order valence-electron chi connectivity index (χ1n) is 11.0. The molecule has 1 amide bonds. The van der Waals surface area contributed by atoms with Crippen LogP contribution >= 0.6 is 0 Å². The molecule has 1 aliphatic heterocycles. The van der Waals surface area contributed by atoms with Crippen LogP contribution in [0.2, 0.25) is 0 Å². The lowest BCUT2D eigenvalue weighted by molar-refractivity contribution is -0.132. The molecule has 1 N–H and O–H groups in total. The summed E-state index contributed by atoms with van der Waals surface area (Å²) in [5, 5.41) is 15.2. The third kappa shape index (κ3) is 4.44. The molecule has 9 nitrogen and oxygen atoms in total. The number of carbonyl (C=O) groups is 2. The number of hydrogen-bond donors (Lipinski definition) is 1. The predicted octanol–water partition coefficient (Wildman–Crippen LogP) is 4.41. The third-order valence-electron chi connectivity index (χ3n) is 5.53. The molecule has 9 heteroatoms. The Bertz CT molecular complexity index is 1290. The Morgan fingerprint density at radius 2 is 1.71 bits per heavy atom. The molecule has 1 aliphatic rings. The maximum atomic E-state index is 13.2. The largest absolute Gasteiger partial charge is 0.507 e. The van der Waals surface area contributed by atoms with Crippen molar-refractivity contribution in [1.29, 1.82) is 0 Å². The number of ketones is 1. The third-order valence-corrected chi connectivity index (χ3v) is 5.53. The van der Waals surface area contributed by atoms with Gasteiger partial charge in [-0.3, -0.25) is 14.5 Å². The quantitative estimate of drug-likeness (QED) is 0.302. The fraction of sp³-hybridized carbons (Fsp3) is 0.269. The Morgan fingerprint density at radius 3 is 2.29 bits per heavy atom. The minimum atomic E-state index is -0.981. The Labute approximate surface area is 202 Å². The zero-order chi connectivity index (χ0) is 25.3. The van der Waals surface area contributed by atoms with Crippen molar-refractivity contribution < 1.29 is 33.4 Å². The highest BCUT2D eigenvalue weighted by Crippen LogP contribution is 2.44. The number of nitrogens with zero attached hydrogens (tertiary/aromatic N) is 2. The van der Waals surface area contributed by atoms with Gasteiger partial charge in [-0.25, -0.2) is 0 Å². The van der Waals surface area contributed by atoms with Crippen LogP contribution in [0.1, 0.15) is 36.8 Å². The number of methoxy groups -OCH3 is 2. The smallest absolute Gasteiger partial charge is 0.301 e. The van der Waals surface area contributed by atoms with E-state index in [0.29, 0.717) is 34.1 Å². The van der Waals surface area contributed by atoms with Crippen molar-refractivity contribution in [3.05, 3.63) is 71.0 Å². The number of rotatable bonds is 7. The summed E-state index contributed by atoms with van der Waals surface area (Å²) >= 11 is 0. The number of ether oxygens (including phenoxy) is 3. The van der Waals surface area contributed by atoms with E-state index in [-0.39, 0.29) is 23.3 Å². The van der Waals surface area contributed by atoms with Crippen LogP contribution < -0.4 is 19.1 Å². The lowest BCUT2D eigenvalue weighted by Gasteiger charge is -2.23. The average Bonchev–Trinajstić information content (AvgIpc) is 3.38. The molecule has 1 atom stereocenters. The zero-order valence-electron chi connectivity index (χ0n) is 20.1. The van der Waals surface area contributed by atoms with Gasteiger partial charge in [0.25, 0.3) is 5.78 Å². The van der Waals surface area contributed by atoms with Gasteiger partial charge in [-0.1, -0.05) is 11.2 Å². The standard InChI is InChI=1S/C26H26N2O7/c1-14(2)34-18-9-6-16(7-10-18)24(29)22-23(17-8-11-19(32-4)20(13-17)33-5)28(26(31)25(22)30)21-12-15(3)35-27-21/h6-14,23,29H,1-5H3/t23-/m1/s1. The maximum Gasteiger partial charge on any atom is 0.301 e. The summed E-state index contributed by atoms with van der Waals surface area (Å²) in [7, 11) is 2.99. The molecule has 2 aromatic carbocycles. The highest BCUT2D eigenvalue weighted by molar-refractivity contribution is 6.51. The molecule has 1 aromatic heterocycles. The van der Waals surface area contributed by atoms with Gasteiger partial charge in [0.1, 0.15) is 17.3 Å². The van der Waals surface area contributed by atoms with Crippen molar-refractivity contribution in [2.45, 2.75) is 32.9 Å². The van der Waals surface area contributed by atoms with E-state index in [1.165, 1.54) is 19.1 Å². The minimum Gasteiger partial charge on any atom is -0.507 e. The minimum absolute atomic E-state index is 0.0178. The molecule has 4 rings (SSSR count). The van der Waals surface area contributed by atoms with Crippen molar-refractivity contribution in [3.63, 3.8) is 0 Å². The van der Waals surface area contributed by atoms with Crippen LogP contribution in [0.15, 0.2) is 58.6 Å². The van der Waals surface area contributed by atoms with Crippen LogP contribution in [0.5, 0.6) is 17.2 Å². The van der Waals surface area contributed by atoms with Crippen LogP contribution in [0.25, 0.3) is 5.76 Å². The highest BCUT2D eigenvalue weighted by atomic mass is 16.5. The van der Waals surface area contributed by atoms with Gasteiger partial charge in [-0.15, -0.1) is 0 Å². The van der Waals surface area contributed by atoms with E-state index in [0.717, 1.165) is 0 Å². The number of aromatic nitrogens is 1. The normalized spacial score (nSPS) is 17.2. The summed E-state index contributed by atoms with van der Waals surface area (Å²) in [6.45, 7) is 5.49. The summed E-state index contributed by atoms with van der Waals surface area (Å²) in [5.74, 6) is 0.129. The van der Waals surface area contributed by atoms with Gasteiger partial charge >= 0.3 is 5.91 Å². The molecule has 35 heavy (non-hydrogen) atoms. The molecule has 0 unspecified atom stereocenters. The lowest BCUT2D eigenvalue weighted by atomic mass is 9.95. The molecule has 0 spiro atoms. The summed E-state index contributed by atoms with van der Waals surface area (Å²) in [6.07, 6.45) is -0.0178. The molecule has 0 saturated carbocycles. The number of aryl methyl sites for hydroxylation is 1. The number of anilines is 1. The number of benzene rings is 2. The van der Waals surface area contributed by atoms with Crippen LogP contribution in [0, 0.1) is 6.92 Å². The molecule has 1 fully saturated rings. The number of hydrogen-bond acceptors (Lipinski definition) is 8. The van der Waals surface area contributed by atoms with Crippen molar-refractivity contribution in [2.75, 3.05) is 19.1 Å². The fourth-order valence-electron chi connectivity index (χ4n) is 3.99. The first kappa shape index (κ1) is 23.9. The molecule has 0 bridgehead atoms. The van der Waals surface area contributed by atoms with Crippen LogP contribution in [-0.2, 0) is 9.59 Å². The molecule has 1 saturated heterocycles. The van der Waals surface area contributed by atoms with Gasteiger partial charge < -0.3 is 23.8 Å². The molecule has 3 aromatic rings. The number of Topliss-reactive ketones (excluding diaryl/α,β-unsaturated/α-hetero) is 1. The molecule has 182 valence electrons. The molecule has 0 radical (unpaired) electrons. The number of amides is 1. The summed E-state index contributed by atoms with van der Waals surface area (Å²) in [5.41, 5.74) is 0.796. The van der Waals surface area contributed by atoms with E-state index in [4.69, 9.17) is 18.7 Å². The van der Waals surface area contributed by atoms with Gasteiger partial charge in [-0.05, 0) is 62.7 Å². The van der Waals surface area contributed by atoms with E-state index >= 15 is 0 Å². The second-order valence-electron chi connectivity index (χ2n) is 8.27. The van der Waals surface area contributed by atoms with Crippen molar-refractivity contribution >= 4 is 23.3 Å². The van der Waals surface area contributed by atoms with E-state index in [2.05, 4.69) is 5.16 Å². The van der Waals surface area contributed by atoms with Gasteiger partial charge in [0.05, 0.1) is 31.9 Å². The second-order valence-corrected chi connectivity index (χ2v) is 8.27. The maximum absolute atomic E-state index is 13.2. The van der Waals surface area contributed by atoms with Crippen molar-refractivity contribution in [1.82, 2.24) is 5.16 Å². The summed E-state index contributed by atoms with van der Waals surface area (Å²) in [6, 6.07) is 12.2. The predicted molar refractivity (Wildman–Crippen MR) is 128 cm³/mol. The van der Waals surface area contributed by atoms with Crippen LogP contribution in [-0.4, -0.2) is 42.3 Å². The Hall–Kier alpha value is -4.27. The van der Waals surface area contributed by atoms with E-state index < -0.39 is 17.7 Å². The van der Waals surface area contributed by atoms with Gasteiger partial charge in [0, 0.05) is 11.6 Å². The van der Waals surface area contributed by atoms with Gasteiger partial charge in [0.15, 0.2) is 17.3 Å². The summed E-state index contributed by atoms with van der Waals surface area (Å²) < 4.78 is 21.6. The SMILES string of the molecule is COc1ccc([C@@H]2C(=C(O)c3ccc(OC(C)C)cc3)C(=O)C(=O)N2c2cc(C)on2)cc1OC. The fourth-order valence-corrected chi connectivity index (χ4v) is 3.99. The Balaban J connectivity index is 1.88. The number of aliphatic hydroxyl groups is 1. The number of aliphatic hydroxyl groups excluding tert-OH is 1. The van der Waals surface area contributed by atoms with E-state index in [1.807, 2.05) is 13.8 Å². The highest BCUT2D eigenvalue weighted by Gasteiger charge is 2.48. The van der Waals surface area contributed by atoms with Crippen molar-refractivity contribution in [3.8, 4) is 17.2 Å². The first-order valence-corrected chi connectivity index (χ1v) is 11.0. The molecule has 2 heterocycles. The topological polar surface area (TPSA) is 111 Å². The molecular formula is C26H26N2O7. The first-order chi connectivity index (χ1) is 16.7. The Morgan fingerprint density at radius 1 is 1.03 bits per heavy atom. The van der Waals surface area contributed by atoms with Gasteiger partial charge in [-0.2, -0.15) is 0 Å². The molecule has 0 aliphatic carbocycles. The number of carbonyl (C=O) groups excluding carboxylic acids is 2. The van der Waals surface area contributed by atoms with E-state index in [9.17, 15) is 14.7 Å². The molecular weight excluding hydrogens is 452 g/mol. The average molecular weight is 479 g/mol. The van der Waals surface area contributed by atoms with Crippen molar-refractivity contribution in [2.24, 2.45) is 0 Å². The van der Waals surface area contributed by atoms with Crippen LogP contribution in [0.4, 0.5) is 5.82 Å². The Kier molecular flexibility index (Phi) is 6.50. The summed E-state index contributed by atoms with van der Waals surface area (Å²) in [4.78, 5) is 27.6.